The number of nitrogens with zero attached hydrogens (tertiary/aromatic N) is 2. The number of halogens is 5. The third-order valence-corrected chi connectivity index (χ3v) is 6.92. The maximum absolute atomic E-state index is 14.6. The Hall–Kier alpha value is -3.61. The number of nitrogens with one attached hydrogen (secondary N) is 1. The Labute approximate surface area is 235 Å². The summed E-state index contributed by atoms with van der Waals surface area (Å²) in [5, 5.41) is 13.0. The molecule has 1 atom stereocenters. The molecular formula is C27H28BrF4N3O5. The van der Waals surface area contributed by atoms with Crippen molar-refractivity contribution in [2.45, 2.75) is 65.0 Å². The summed E-state index contributed by atoms with van der Waals surface area (Å²) < 4.78 is 62.1. The van der Waals surface area contributed by atoms with Crippen LogP contribution in [-0.2, 0) is 24.0 Å². The van der Waals surface area contributed by atoms with Crippen molar-refractivity contribution >= 4 is 22.0 Å². The normalized spacial score (nSPS) is 12.7. The van der Waals surface area contributed by atoms with Crippen LogP contribution in [0.5, 0.6) is 5.75 Å². The quantitative estimate of drug-likeness (QED) is 0.329. The van der Waals surface area contributed by atoms with E-state index in [4.69, 9.17) is 4.74 Å². The van der Waals surface area contributed by atoms with Gasteiger partial charge < -0.3 is 15.2 Å². The summed E-state index contributed by atoms with van der Waals surface area (Å²) in [7, 11) is 0. The molecule has 40 heavy (non-hydrogen) atoms. The minimum Gasteiger partial charge on any atom is -0.508 e. The molecule has 3 rings (SSSR count). The van der Waals surface area contributed by atoms with Crippen LogP contribution in [-0.4, -0.2) is 25.9 Å². The molecule has 0 aliphatic carbocycles. The average Bonchev–Trinajstić information content (AvgIpc) is 2.84. The SMILES string of the molecule is Cc1c(Br)c(=O)n(CC[C@H](NC(=O)OC(C)(C)C)c2ccccc2O)c(=O)n1Cc1c(F)cccc1C(F)(F)F. The second-order valence-electron chi connectivity index (χ2n) is 10.0. The summed E-state index contributed by atoms with van der Waals surface area (Å²) in [6.45, 7) is 5.23. The van der Waals surface area contributed by atoms with E-state index < -0.39 is 58.7 Å². The van der Waals surface area contributed by atoms with Crippen LogP contribution in [0.3, 0.4) is 0 Å². The largest absolute Gasteiger partial charge is 0.508 e. The van der Waals surface area contributed by atoms with Crippen molar-refractivity contribution in [3.63, 3.8) is 0 Å². The van der Waals surface area contributed by atoms with Gasteiger partial charge in [-0.2, -0.15) is 13.2 Å². The molecule has 13 heteroatoms. The summed E-state index contributed by atoms with van der Waals surface area (Å²) in [4.78, 5) is 38.9. The number of phenols is 1. The first-order valence-corrected chi connectivity index (χ1v) is 12.9. The van der Waals surface area contributed by atoms with Crippen LogP contribution in [0.15, 0.2) is 56.5 Å². The first-order chi connectivity index (χ1) is 18.5. The molecule has 0 aliphatic rings. The lowest BCUT2D eigenvalue weighted by Crippen LogP contribution is -2.43. The average molecular weight is 630 g/mol. The predicted octanol–water partition coefficient (Wildman–Crippen LogP) is 5.65. The number of amides is 1. The molecule has 3 aromatic rings. The van der Waals surface area contributed by atoms with Crippen molar-refractivity contribution in [3.8, 4) is 5.75 Å². The van der Waals surface area contributed by atoms with Gasteiger partial charge in [0.1, 0.15) is 21.6 Å². The highest BCUT2D eigenvalue weighted by Crippen LogP contribution is 2.33. The molecule has 0 aliphatic heterocycles. The van der Waals surface area contributed by atoms with E-state index in [1.165, 1.54) is 13.0 Å². The Morgan fingerprint density at radius 2 is 1.73 bits per heavy atom. The lowest BCUT2D eigenvalue weighted by molar-refractivity contribution is -0.138. The Morgan fingerprint density at radius 3 is 2.33 bits per heavy atom. The highest BCUT2D eigenvalue weighted by molar-refractivity contribution is 9.10. The van der Waals surface area contributed by atoms with Gasteiger partial charge >= 0.3 is 18.0 Å². The number of carbonyl (C=O) groups excluding carboxylic acids is 1. The van der Waals surface area contributed by atoms with Crippen molar-refractivity contribution in [1.29, 1.82) is 0 Å². The maximum Gasteiger partial charge on any atom is 0.416 e. The van der Waals surface area contributed by atoms with Gasteiger partial charge in [0.05, 0.1) is 18.2 Å². The Bertz CT molecular complexity index is 1530. The molecule has 0 spiro atoms. The molecule has 0 saturated carbocycles. The minimum atomic E-state index is -4.88. The van der Waals surface area contributed by atoms with Gasteiger partial charge in [-0.15, -0.1) is 0 Å². The molecule has 0 saturated heterocycles. The van der Waals surface area contributed by atoms with Crippen LogP contribution in [0, 0.1) is 12.7 Å². The van der Waals surface area contributed by atoms with E-state index in [-0.39, 0.29) is 34.4 Å². The van der Waals surface area contributed by atoms with Crippen LogP contribution < -0.4 is 16.6 Å². The van der Waals surface area contributed by atoms with Crippen molar-refractivity contribution in [3.05, 3.63) is 96.0 Å². The first kappa shape index (κ1) is 30.9. The molecular weight excluding hydrogens is 602 g/mol. The zero-order valence-corrected chi connectivity index (χ0v) is 23.7. The molecule has 0 fully saturated rings. The fourth-order valence-corrected chi connectivity index (χ4v) is 4.52. The van der Waals surface area contributed by atoms with Crippen LogP contribution in [0.2, 0.25) is 0 Å². The van der Waals surface area contributed by atoms with Crippen molar-refractivity contribution in [1.82, 2.24) is 14.5 Å². The van der Waals surface area contributed by atoms with Crippen molar-refractivity contribution in [2.24, 2.45) is 0 Å². The fourth-order valence-electron chi connectivity index (χ4n) is 4.09. The summed E-state index contributed by atoms with van der Waals surface area (Å²) >= 11 is 3.10. The summed E-state index contributed by atoms with van der Waals surface area (Å²) in [6.07, 6.45) is -5.77. The molecule has 1 amide bonds. The van der Waals surface area contributed by atoms with E-state index in [2.05, 4.69) is 21.2 Å². The summed E-state index contributed by atoms with van der Waals surface area (Å²) in [6, 6.07) is 7.70. The number of hydrogen-bond donors (Lipinski definition) is 2. The zero-order valence-electron chi connectivity index (χ0n) is 22.1. The number of aromatic nitrogens is 2. The van der Waals surface area contributed by atoms with Gasteiger partial charge in [0, 0.05) is 23.4 Å². The third-order valence-electron chi connectivity index (χ3n) is 6.00. The van der Waals surface area contributed by atoms with E-state index in [0.717, 1.165) is 21.3 Å². The van der Waals surface area contributed by atoms with Gasteiger partial charge in [0.2, 0.25) is 0 Å². The molecule has 1 heterocycles. The molecule has 0 radical (unpaired) electrons. The van der Waals surface area contributed by atoms with E-state index in [1.54, 1.807) is 39.0 Å². The lowest BCUT2D eigenvalue weighted by atomic mass is 10.0. The Kier molecular flexibility index (Phi) is 9.17. The highest BCUT2D eigenvalue weighted by atomic mass is 79.9. The summed E-state index contributed by atoms with van der Waals surface area (Å²) in [5.74, 6) is -1.31. The van der Waals surface area contributed by atoms with Gasteiger partial charge in [-0.05, 0) is 68.2 Å². The molecule has 2 aromatic carbocycles. The summed E-state index contributed by atoms with van der Waals surface area (Å²) in [5.41, 5.74) is -4.28. The molecule has 0 bridgehead atoms. The van der Waals surface area contributed by atoms with Gasteiger partial charge in [-0.25, -0.2) is 14.0 Å². The molecule has 2 N–H and O–H groups in total. The van der Waals surface area contributed by atoms with E-state index in [0.29, 0.717) is 6.07 Å². The second kappa shape index (κ2) is 11.9. The number of phenolic OH excluding ortho intramolecular Hbond substituents is 1. The third kappa shape index (κ3) is 7.12. The second-order valence-corrected chi connectivity index (χ2v) is 10.8. The van der Waals surface area contributed by atoms with Gasteiger partial charge in [-0.3, -0.25) is 13.9 Å². The van der Waals surface area contributed by atoms with E-state index >= 15 is 0 Å². The van der Waals surface area contributed by atoms with Crippen LogP contribution in [0.1, 0.15) is 55.6 Å². The monoisotopic (exact) mass is 629 g/mol. The molecule has 216 valence electrons. The molecule has 0 unspecified atom stereocenters. The number of para-hydroxylation sites is 1. The number of ether oxygens (including phenoxy) is 1. The minimum absolute atomic E-state index is 0.00626. The van der Waals surface area contributed by atoms with Crippen molar-refractivity contribution in [2.75, 3.05) is 0 Å². The molecule has 8 nitrogen and oxygen atoms in total. The van der Waals surface area contributed by atoms with Gasteiger partial charge in [-0.1, -0.05) is 24.3 Å². The fraction of sp³-hybridized carbons (Fsp3) is 0.370. The van der Waals surface area contributed by atoms with Crippen LogP contribution in [0.4, 0.5) is 22.4 Å². The molecule has 1 aromatic heterocycles. The van der Waals surface area contributed by atoms with Crippen molar-refractivity contribution < 1.29 is 32.2 Å². The smallest absolute Gasteiger partial charge is 0.416 e. The Balaban J connectivity index is 2.03. The standard InChI is InChI=1S/C27H28BrF4N3O5/c1-15-22(28)23(37)34(25(39)35(15)14-17-18(27(30,31)32)9-7-10-19(17)29)13-12-20(16-8-5-6-11-21(16)36)33-24(38)40-26(2,3)4/h5-11,20,36H,12-14H2,1-4H3,(H,33,38)/t20-/m0/s1. The maximum atomic E-state index is 14.6. The van der Waals surface area contributed by atoms with Crippen LogP contribution >= 0.6 is 15.9 Å². The number of benzene rings is 2. The first-order valence-electron chi connectivity index (χ1n) is 12.1. The Morgan fingerprint density at radius 1 is 1.07 bits per heavy atom. The number of aromatic hydroxyl groups is 1. The zero-order chi connectivity index (χ0) is 30.0. The van der Waals surface area contributed by atoms with Gasteiger partial charge in [0.25, 0.3) is 5.56 Å². The number of carbonyl (C=O) groups is 1. The van der Waals surface area contributed by atoms with E-state index in [1.807, 2.05) is 0 Å². The van der Waals surface area contributed by atoms with E-state index in [9.17, 15) is 37.1 Å². The number of alkyl carbamates (subject to hydrolysis) is 1. The predicted molar refractivity (Wildman–Crippen MR) is 143 cm³/mol. The lowest BCUT2D eigenvalue weighted by Gasteiger charge is -2.25. The highest BCUT2D eigenvalue weighted by Gasteiger charge is 2.35. The topological polar surface area (TPSA) is 103 Å². The van der Waals surface area contributed by atoms with Gasteiger partial charge in [0.15, 0.2) is 0 Å². The number of alkyl halides is 3. The number of hydrogen-bond acceptors (Lipinski definition) is 5. The van der Waals surface area contributed by atoms with Crippen LogP contribution in [0.25, 0.3) is 0 Å². The number of rotatable bonds is 7.